The topological polar surface area (TPSA) is 66.0 Å². The average Bonchev–Trinajstić information content (AvgIpc) is 3.59. The standard InChI is InChI=1S/C48H43F4NO5/c1-55-34-23-19-32(20-24-34)48(31-12-4-3-5-13-31,33-21-25-35(56-2)26-22-33)58-36(28-41-45(51)43(49)29-44(50)46(41)52)14-10-11-27-53-47(54)57-30-42-39-17-8-6-15-37(39)38-16-7-9-18-40(38)42/h3-9,12-13,15-26,29,36,42H,10-11,14,27-28,30H2,1-2H3,(H,53,54)/t36-/m0/s1. The van der Waals surface area contributed by atoms with Crippen LogP contribution in [0.2, 0.25) is 0 Å². The summed E-state index contributed by atoms with van der Waals surface area (Å²) in [5.41, 5.74) is 4.33. The molecular weight excluding hydrogens is 747 g/mol. The molecule has 1 N–H and O–H groups in total. The number of unbranched alkanes of at least 4 members (excludes halogenated alkanes) is 1. The highest BCUT2D eigenvalue weighted by Crippen LogP contribution is 2.45. The molecular formula is C48H43F4NO5. The van der Waals surface area contributed by atoms with E-state index in [1.807, 2.05) is 91.0 Å². The van der Waals surface area contributed by atoms with Gasteiger partial charge in [0.2, 0.25) is 0 Å². The summed E-state index contributed by atoms with van der Waals surface area (Å²) in [6.45, 7) is 0.400. The molecule has 0 spiro atoms. The molecule has 0 saturated carbocycles. The number of carbonyl (C=O) groups excluding carboxylic acids is 1. The number of benzene rings is 6. The van der Waals surface area contributed by atoms with Crippen molar-refractivity contribution in [2.24, 2.45) is 0 Å². The molecule has 0 heterocycles. The normalized spacial score (nSPS) is 12.7. The van der Waals surface area contributed by atoms with Crippen LogP contribution in [0.4, 0.5) is 22.4 Å². The smallest absolute Gasteiger partial charge is 0.407 e. The van der Waals surface area contributed by atoms with Crippen LogP contribution in [0.3, 0.4) is 0 Å². The van der Waals surface area contributed by atoms with Crippen LogP contribution in [0.25, 0.3) is 11.1 Å². The van der Waals surface area contributed by atoms with E-state index in [9.17, 15) is 13.6 Å². The number of amides is 1. The summed E-state index contributed by atoms with van der Waals surface area (Å²) in [7, 11) is 3.11. The van der Waals surface area contributed by atoms with E-state index < -0.39 is 53.1 Å². The zero-order chi connectivity index (χ0) is 40.6. The van der Waals surface area contributed by atoms with E-state index in [1.54, 1.807) is 38.5 Å². The van der Waals surface area contributed by atoms with E-state index in [2.05, 4.69) is 17.4 Å². The van der Waals surface area contributed by atoms with Gasteiger partial charge < -0.3 is 24.3 Å². The van der Waals surface area contributed by atoms with Gasteiger partial charge in [-0.2, -0.15) is 0 Å². The lowest BCUT2D eigenvalue weighted by atomic mass is 9.79. The summed E-state index contributed by atoms with van der Waals surface area (Å²) in [5, 5.41) is 2.81. The van der Waals surface area contributed by atoms with E-state index in [-0.39, 0.29) is 31.6 Å². The summed E-state index contributed by atoms with van der Waals surface area (Å²) < 4.78 is 83.5. The summed E-state index contributed by atoms with van der Waals surface area (Å²) >= 11 is 0. The predicted octanol–water partition coefficient (Wildman–Crippen LogP) is 10.9. The van der Waals surface area contributed by atoms with E-state index in [1.165, 1.54) is 0 Å². The summed E-state index contributed by atoms with van der Waals surface area (Å²) in [4.78, 5) is 12.9. The second-order valence-corrected chi connectivity index (χ2v) is 14.1. The Labute approximate surface area is 335 Å². The van der Waals surface area contributed by atoms with Crippen molar-refractivity contribution in [2.75, 3.05) is 27.4 Å². The van der Waals surface area contributed by atoms with Gasteiger partial charge in [0.15, 0.2) is 23.3 Å². The number of carbonyl (C=O) groups is 1. The number of rotatable bonds is 16. The molecule has 6 aromatic rings. The molecule has 0 radical (unpaired) electrons. The van der Waals surface area contributed by atoms with E-state index in [4.69, 9.17) is 18.9 Å². The number of nitrogens with one attached hydrogen (secondary N) is 1. The first kappa shape index (κ1) is 40.1. The van der Waals surface area contributed by atoms with Crippen LogP contribution in [0.15, 0.2) is 133 Å². The molecule has 1 aliphatic rings. The third-order valence-corrected chi connectivity index (χ3v) is 10.7. The fourth-order valence-corrected chi connectivity index (χ4v) is 7.85. The molecule has 0 bridgehead atoms. The first-order chi connectivity index (χ1) is 28.2. The van der Waals surface area contributed by atoms with Crippen LogP contribution >= 0.6 is 0 Å². The largest absolute Gasteiger partial charge is 0.497 e. The SMILES string of the molecule is COc1ccc(C(O[C@@H](CCCCNC(=O)OCC2c3ccccc3-c3ccccc32)Cc2c(F)c(F)cc(F)c2F)(c2ccccc2)c2ccc(OC)cc2)cc1. The molecule has 6 nitrogen and oxygen atoms in total. The molecule has 1 amide bonds. The minimum Gasteiger partial charge on any atom is -0.497 e. The Morgan fingerprint density at radius 1 is 0.655 bits per heavy atom. The molecule has 298 valence electrons. The van der Waals surface area contributed by atoms with Crippen molar-refractivity contribution < 1.29 is 41.3 Å². The summed E-state index contributed by atoms with van der Waals surface area (Å²) in [6.07, 6.45) is -1.01. The minimum absolute atomic E-state index is 0.0919. The highest BCUT2D eigenvalue weighted by atomic mass is 19.2. The molecule has 10 heteroatoms. The van der Waals surface area contributed by atoms with Crippen LogP contribution < -0.4 is 14.8 Å². The highest BCUT2D eigenvalue weighted by Gasteiger charge is 2.41. The second-order valence-electron chi connectivity index (χ2n) is 14.1. The van der Waals surface area contributed by atoms with Gasteiger partial charge in [-0.25, -0.2) is 22.4 Å². The monoisotopic (exact) mass is 789 g/mol. The highest BCUT2D eigenvalue weighted by molar-refractivity contribution is 5.79. The first-order valence-electron chi connectivity index (χ1n) is 19.2. The van der Waals surface area contributed by atoms with Crippen molar-refractivity contribution in [1.29, 1.82) is 0 Å². The van der Waals surface area contributed by atoms with Crippen LogP contribution in [0.5, 0.6) is 11.5 Å². The van der Waals surface area contributed by atoms with Crippen molar-refractivity contribution in [3.05, 3.63) is 190 Å². The zero-order valence-corrected chi connectivity index (χ0v) is 32.2. The van der Waals surface area contributed by atoms with Gasteiger partial charge in [-0.3, -0.25) is 0 Å². The average molecular weight is 790 g/mol. The minimum atomic E-state index is -1.50. The van der Waals surface area contributed by atoms with E-state index in [0.717, 1.165) is 22.3 Å². The molecule has 0 aliphatic heterocycles. The number of alkyl carbamates (subject to hydrolysis) is 1. The molecule has 0 saturated heterocycles. The molecule has 0 unspecified atom stereocenters. The third-order valence-electron chi connectivity index (χ3n) is 10.7. The number of hydrogen-bond acceptors (Lipinski definition) is 5. The van der Waals surface area contributed by atoms with Gasteiger partial charge in [0, 0.05) is 30.5 Å². The Morgan fingerprint density at radius 3 is 1.69 bits per heavy atom. The van der Waals surface area contributed by atoms with Crippen LogP contribution in [0, 0.1) is 23.3 Å². The van der Waals surface area contributed by atoms with Crippen molar-refractivity contribution in [3.63, 3.8) is 0 Å². The van der Waals surface area contributed by atoms with Crippen LogP contribution in [-0.4, -0.2) is 39.6 Å². The lowest BCUT2D eigenvalue weighted by Gasteiger charge is -2.39. The Hall–Kier alpha value is -6.13. The van der Waals surface area contributed by atoms with E-state index >= 15 is 8.78 Å². The Balaban J connectivity index is 1.13. The fourth-order valence-electron chi connectivity index (χ4n) is 7.85. The molecule has 7 rings (SSSR count). The Bertz CT molecular complexity index is 2220. The van der Waals surface area contributed by atoms with Crippen molar-refractivity contribution in [3.8, 4) is 22.6 Å². The van der Waals surface area contributed by atoms with Gasteiger partial charge in [-0.05, 0) is 82.5 Å². The van der Waals surface area contributed by atoms with E-state index in [0.29, 0.717) is 41.0 Å². The number of ether oxygens (including phenoxy) is 4. The second kappa shape index (κ2) is 18.0. The van der Waals surface area contributed by atoms with Gasteiger partial charge >= 0.3 is 6.09 Å². The Morgan fingerprint density at radius 2 is 1.16 bits per heavy atom. The van der Waals surface area contributed by atoms with Gasteiger partial charge in [0.25, 0.3) is 0 Å². The molecule has 0 aromatic heterocycles. The maximum Gasteiger partial charge on any atom is 0.407 e. The molecule has 6 aromatic carbocycles. The maximum absolute atomic E-state index is 15.3. The molecule has 1 aliphatic carbocycles. The van der Waals surface area contributed by atoms with Crippen LogP contribution in [0.1, 0.15) is 58.6 Å². The number of halogens is 4. The van der Waals surface area contributed by atoms with Gasteiger partial charge in [0.05, 0.1) is 20.3 Å². The number of fused-ring (bicyclic) bond motifs is 3. The summed E-state index contributed by atoms with van der Waals surface area (Å²) in [5.74, 6) is -4.86. The van der Waals surface area contributed by atoms with Gasteiger partial charge in [-0.15, -0.1) is 0 Å². The molecule has 0 fully saturated rings. The summed E-state index contributed by atoms with van der Waals surface area (Å²) in [6, 6.07) is 40.2. The lowest BCUT2D eigenvalue weighted by Crippen LogP contribution is -2.38. The maximum atomic E-state index is 15.3. The lowest BCUT2D eigenvalue weighted by molar-refractivity contribution is -0.0521. The van der Waals surface area contributed by atoms with Crippen molar-refractivity contribution >= 4 is 6.09 Å². The predicted molar refractivity (Wildman–Crippen MR) is 214 cm³/mol. The molecule has 1 atom stereocenters. The van der Waals surface area contributed by atoms with Gasteiger partial charge in [0.1, 0.15) is 23.7 Å². The number of methoxy groups -OCH3 is 2. The Kier molecular flexibility index (Phi) is 12.4. The quantitative estimate of drug-likeness (QED) is 0.0458. The fraction of sp³-hybridized carbons (Fsp3) is 0.229. The third kappa shape index (κ3) is 8.29. The first-order valence-corrected chi connectivity index (χ1v) is 19.2. The van der Waals surface area contributed by atoms with Crippen molar-refractivity contribution in [1.82, 2.24) is 5.32 Å². The molecule has 58 heavy (non-hydrogen) atoms. The number of hydrogen-bond donors (Lipinski definition) is 1. The zero-order valence-electron chi connectivity index (χ0n) is 32.2. The van der Waals surface area contributed by atoms with Crippen LogP contribution in [-0.2, 0) is 21.5 Å². The van der Waals surface area contributed by atoms with Gasteiger partial charge in [-0.1, -0.05) is 103 Å². The van der Waals surface area contributed by atoms with Crippen molar-refractivity contribution in [2.45, 2.75) is 43.3 Å².